The highest BCUT2D eigenvalue weighted by Gasteiger charge is 2.32. The van der Waals surface area contributed by atoms with Crippen LogP contribution in [0.1, 0.15) is 34.9 Å². The van der Waals surface area contributed by atoms with E-state index in [0.29, 0.717) is 23.7 Å². The van der Waals surface area contributed by atoms with E-state index in [2.05, 4.69) is 9.97 Å². The van der Waals surface area contributed by atoms with Crippen LogP contribution in [0, 0.1) is 0 Å². The summed E-state index contributed by atoms with van der Waals surface area (Å²) in [5, 5.41) is 0. The lowest BCUT2D eigenvalue weighted by molar-refractivity contribution is 0.0729. The Balaban J connectivity index is 1.65. The molecule has 4 rings (SSSR count). The first-order chi connectivity index (χ1) is 13.2. The average Bonchev–Trinajstić information content (AvgIpc) is 3.22. The van der Waals surface area contributed by atoms with Gasteiger partial charge in [-0.05, 0) is 42.7 Å². The zero-order valence-corrected chi connectivity index (χ0v) is 15.4. The zero-order chi connectivity index (χ0) is 18.8. The molecular weight excluding hydrogens is 342 g/mol. The molecule has 2 aromatic carbocycles. The molecule has 1 atom stereocenters. The van der Waals surface area contributed by atoms with E-state index in [4.69, 9.17) is 9.47 Å². The third kappa shape index (κ3) is 3.18. The lowest BCUT2D eigenvalue weighted by atomic mass is 10.0. The highest BCUT2D eigenvalue weighted by molar-refractivity contribution is 5.94. The van der Waals surface area contributed by atoms with Gasteiger partial charge in [-0.25, -0.2) is 4.98 Å². The van der Waals surface area contributed by atoms with Crippen LogP contribution < -0.4 is 9.47 Å². The van der Waals surface area contributed by atoms with Crippen LogP contribution in [0.4, 0.5) is 0 Å². The van der Waals surface area contributed by atoms with Crippen LogP contribution >= 0.6 is 0 Å². The van der Waals surface area contributed by atoms with Crippen molar-refractivity contribution in [2.45, 2.75) is 18.9 Å². The number of carbonyl (C=O) groups excluding carboxylic acids is 1. The van der Waals surface area contributed by atoms with Gasteiger partial charge in [0.1, 0.15) is 5.69 Å². The standard InChI is InChI=1S/C21H21N3O3/c1-26-19-10-9-14(12-20(19)27-2)18-8-5-11-24(18)21(25)17-13-22-15-6-3-4-7-16(15)23-17/h3-4,6-7,9-10,12-13,18H,5,8,11H2,1-2H3. The molecule has 0 N–H and O–H groups in total. The van der Waals surface area contributed by atoms with Gasteiger partial charge in [0.15, 0.2) is 11.5 Å². The van der Waals surface area contributed by atoms with Crippen LogP contribution in [0.5, 0.6) is 11.5 Å². The number of carbonyl (C=O) groups is 1. The van der Waals surface area contributed by atoms with Gasteiger partial charge in [0.25, 0.3) is 5.91 Å². The maximum Gasteiger partial charge on any atom is 0.274 e. The number of hydrogen-bond acceptors (Lipinski definition) is 5. The Hall–Kier alpha value is -3.15. The van der Waals surface area contributed by atoms with Gasteiger partial charge in [0.05, 0.1) is 37.5 Å². The normalized spacial score (nSPS) is 16.5. The molecule has 6 heteroatoms. The van der Waals surface area contributed by atoms with Crippen molar-refractivity contribution in [1.82, 2.24) is 14.9 Å². The molecule has 3 aromatic rings. The van der Waals surface area contributed by atoms with E-state index < -0.39 is 0 Å². The van der Waals surface area contributed by atoms with E-state index in [1.54, 1.807) is 20.4 Å². The second-order valence-electron chi connectivity index (χ2n) is 6.51. The van der Waals surface area contributed by atoms with Gasteiger partial charge >= 0.3 is 0 Å². The van der Waals surface area contributed by atoms with Gasteiger partial charge in [-0.2, -0.15) is 0 Å². The van der Waals surface area contributed by atoms with Crippen LogP contribution in [0.2, 0.25) is 0 Å². The van der Waals surface area contributed by atoms with E-state index in [1.165, 1.54) is 0 Å². The molecule has 1 aromatic heterocycles. The highest BCUT2D eigenvalue weighted by atomic mass is 16.5. The fraction of sp³-hybridized carbons (Fsp3) is 0.286. The molecule has 1 fully saturated rings. The zero-order valence-electron chi connectivity index (χ0n) is 15.4. The molecule has 1 aliphatic rings. The van der Waals surface area contributed by atoms with E-state index >= 15 is 0 Å². The van der Waals surface area contributed by atoms with Crippen LogP contribution in [0.15, 0.2) is 48.7 Å². The fourth-order valence-electron chi connectivity index (χ4n) is 3.62. The largest absolute Gasteiger partial charge is 0.493 e. The van der Waals surface area contributed by atoms with Crippen LogP contribution in [-0.2, 0) is 0 Å². The van der Waals surface area contributed by atoms with Crippen LogP contribution in [0.3, 0.4) is 0 Å². The Bertz CT molecular complexity index is 989. The summed E-state index contributed by atoms with van der Waals surface area (Å²) in [6.07, 6.45) is 3.42. The van der Waals surface area contributed by atoms with E-state index in [-0.39, 0.29) is 11.9 Å². The number of hydrogen-bond donors (Lipinski definition) is 0. The Labute approximate surface area is 157 Å². The summed E-state index contributed by atoms with van der Waals surface area (Å²) < 4.78 is 10.7. The molecule has 1 aliphatic heterocycles. The Morgan fingerprint density at radius 1 is 1.07 bits per heavy atom. The highest BCUT2D eigenvalue weighted by Crippen LogP contribution is 2.37. The summed E-state index contributed by atoms with van der Waals surface area (Å²) in [6.45, 7) is 0.701. The van der Waals surface area contributed by atoms with Gasteiger partial charge in [0.2, 0.25) is 0 Å². The van der Waals surface area contributed by atoms with Crippen molar-refractivity contribution in [3.8, 4) is 11.5 Å². The molecule has 0 saturated carbocycles. The second-order valence-corrected chi connectivity index (χ2v) is 6.51. The lowest BCUT2D eigenvalue weighted by Gasteiger charge is -2.25. The Morgan fingerprint density at radius 2 is 1.85 bits per heavy atom. The topological polar surface area (TPSA) is 64.5 Å². The van der Waals surface area contributed by atoms with E-state index in [9.17, 15) is 4.79 Å². The molecule has 6 nitrogen and oxygen atoms in total. The van der Waals surface area contributed by atoms with Gasteiger partial charge < -0.3 is 14.4 Å². The summed E-state index contributed by atoms with van der Waals surface area (Å²) in [6, 6.07) is 13.4. The van der Waals surface area contributed by atoms with Gasteiger partial charge in [-0.1, -0.05) is 18.2 Å². The van der Waals surface area contributed by atoms with Crippen molar-refractivity contribution in [3.05, 3.63) is 59.9 Å². The number of benzene rings is 2. The fourth-order valence-corrected chi connectivity index (χ4v) is 3.62. The minimum atomic E-state index is -0.0921. The molecule has 1 amide bonds. The van der Waals surface area contributed by atoms with Crippen molar-refractivity contribution in [2.75, 3.05) is 20.8 Å². The number of aromatic nitrogens is 2. The Kier molecular flexibility index (Phi) is 4.62. The number of nitrogens with zero attached hydrogens (tertiary/aromatic N) is 3. The summed E-state index contributed by atoms with van der Waals surface area (Å²) in [5.41, 5.74) is 2.92. The molecule has 0 spiro atoms. The minimum absolute atomic E-state index is 0.00873. The maximum atomic E-state index is 13.1. The number of rotatable bonds is 4. The van der Waals surface area contributed by atoms with Crippen LogP contribution in [0.25, 0.3) is 11.0 Å². The van der Waals surface area contributed by atoms with Gasteiger partial charge in [0, 0.05) is 6.54 Å². The SMILES string of the molecule is COc1ccc(C2CCCN2C(=O)c2cnc3ccccc3n2)cc1OC. The second kappa shape index (κ2) is 7.23. The number of fused-ring (bicyclic) bond motifs is 1. The van der Waals surface area contributed by atoms with Crippen LogP contribution in [-0.4, -0.2) is 41.5 Å². The summed E-state index contributed by atoms with van der Waals surface area (Å²) in [7, 11) is 3.23. The summed E-state index contributed by atoms with van der Waals surface area (Å²) in [4.78, 5) is 23.9. The molecule has 0 radical (unpaired) electrons. The van der Waals surface area contributed by atoms with E-state index in [1.807, 2.05) is 47.4 Å². The number of ether oxygens (including phenoxy) is 2. The molecule has 2 heterocycles. The molecule has 138 valence electrons. The third-order valence-electron chi connectivity index (χ3n) is 4.97. The number of para-hydroxylation sites is 2. The van der Waals surface area contributed by atoms with E-state index in [0.717, 1.165) is 29.4 Å². The number of methoxy groups -OCH3 is 2. The van der Waals surface area contributed by atoms with Gasteiger partial charge in [-0.3, -0.25) is 9.78 Å². The molecule has 27 heavy (non-hydrogen) atoms. The summed E-state index contributed by atoms with van der Waals surface area (Å²) in [5.74, 6) is 1.25. The van der Waals surface area contributed by atoms with Crippen molar-refractivity contribution in [3.63, 3.8) is 0 Å². The molecule has 0 bridgehead atoms. The molecular formula is C21H21N3O3. The van der Waals surface area contributed by atoms with Crippen molar-refractivity contribution < 1.29 is 14.3 Å². The molecule has 1 unspecified atom stereocenters. The average molecular weight is 363 g/mol. The quantitative estimate of drug-likeness (QED) is 0.708. The first-order valence-corrected chi connectivity index (χ1v) is 8.96. The third-order valence-corrected chi connectivity index (χ3v) is 4.97. The lowest BCUT2D eigenvalue weighted by Crippen LogP contribution is -2.31. The number of likely N-dealkylation sites (tertiary alicyclic amines) is 1. The first kappa shape index (κ1) is 17.3. The first-order valence-electron chi connectivity index (χ1n) is 8.96. The van der Waals surface area contributed by atoms with Crippen molar-refractivity contribution in [2.24, 2.45) is 0 Å². The minimum Gasteiger partial charge on any atom is -0.493 e. The molecule has 0 aliphatic carbocycles. The smallest absolute Gasteiger partial charge is 0.274 e. The van der Waals surface area contributed by atoms with Crippen molar-refractivity contribution >= 4 is 16.9 Å². The predicted molar refractivity (Wildman–Crippen MR) is 102 cm³/mol. The Morgan fingerprint density at radius 3 is 2.63 bits per heavy atom. The maximum absolute atomic E-state index is 13.1. The van der Waals surface area contributed by atoms with Gasteiger partial charge in [-0.15, -0.1) is 0 Å². The number of amides is 1. The monoisotopic (exact) mass is 363 g/mol. The predicted octanol–water partition coefficient (Wildman–Crippen LogP) is 3.62. The van der Waals surface area contributed by atoms with Crippen molar-refractivity contribution in [1.29, 1.82) is 0 Å². The summed E-state index contributed by atoms with van der Waals surface area (Å²) >= 11 is 0. The molecule has 1 saturated heterocycles.